The summed E-state index contributed by atoms with van der Waals surface area (Å²) < 4.78 is 5.25. The van der Waals surface area contributed by atoms with Gasteiger partial charge in [0.15, 0.2) is 5.75 Å². The van der Waals surface area contributed by atoms with Gasteiger partial charge in [0.2, 0.25) is 0 Å². The lowest BCUT2D eigenvalue weighted by Gasteiger charge is -2.31. The molecule has 1 amide bonds. The van der Waals surface area contributed by atoms with Crippen molar-refractivity contribution in [3.63, 3.8) is 0 Å². The lowest BCUT2D eigenvalue weighted by Crippen LogP contribution is -2.48. The first-order valence-corrected chi connectivity index (χ1v) is 6.90. The SMILES string of the molecule is CN1CCN(C(=O)Oc2c(Cl)cc(Cl)cc2Cl)CC1. The van der Waals surface area contributed by atoms with Crippen LogP contribution in [0.25, 0.3) is 0 Å². The van der Waals surface area contributed by atoms with Crippen molar-refractivity contribution in [3.05, 3.63) is 27.2 Å². The van der Waals surface area contributed by atoms with Gasteiger partial charge in [0, 0.05) is 31.2 Å². The molecule has 7 heteroatoms. The summed E-state index contributed by atoms with van der Waals surface area (Å²) in [7, 11) is 2.01. The summed E-state index contributed by atoms with van der Waals surface area (Å²) in [4.78, 5) is 15.8. The van der Waals surface area contributed by atoms with Crippen molar-refractivity contribution in [2.45, 2.75) is 0 Å². The van der Waals surface area contributed by atoms with Crippen LogP contribution in [0.1, 0.15) is 0 Å². The monoisotopic (exact) mass is 322 g/mol. The predicted molar refractivity (Wildman–Crippen MR) is 76.6 cm³/mol. The molecule has 1 aliphatic rings. The van der Waals surface area contributed by atoms with Gasteiger partial charge >= 0.3 is 6.09 Å². The van der Waals surface area contributed by atoms with Gasteiger partial charge in [-0.05, 0) is 19.2 Å². The molecule has 0 aliphatic carbocycles. The Kier molecular flexibility index (Phi) is 4.79. The van der Waals surface area contributed by atoms with E-state index in [0.717, 1.165) is 13.1 Å². The summed E-state index contributed by atoms with van der Waals surface area (Å²) >= 11 is 17.7. The molecule has 0 N–H and O–H groups in total. The molecule has 1 aromatic carbocycles. The zero-order chi connectivity index (χ0) is 14.0. The third kappa shape index (κ3) is 3.66. The summed E-state index contributed by atoms with van der Waals surface area (Å²) in [6.45, 7) is 2.88. The van der Waals surface area contributed by atoms with E-state index in [1.165, 1.54) is 12.1 Å². The van der Waals surface area contributed by atoms with E-state index < -0.39 is 6.09 Å². The van der Waals surface area contributed by atoms with E-state index in [9.17, 15) is 4.79 Å². The Morgan fingerprint density at radius 1 is 1.11 bits per heavy atom. The maximum Gasteiger partial charge on any atom is 0.415 e. The minimum Gasteiger partial charge on any atom is -0.407 e. The van der Waals surface area contributed by atoms with E-state index in [1.807, 2.05) is 7.05 Å². The summed E-state index contributed by atoms with van der Waals surface area (Å²) in [6, 6.07) is 2.98. The zero-order valence-electron chi connectivity index (χ0n) is 10.3. The summed E-state index contributed by atoms with van der Waals surface area (Å²) in [6.07, 6.45) is -0.445. The smallest absolute Gasteiger partial charge is 0.407 e. The molecule has 19 heavy (non-hydrogen) atoms. The van der Waals surface area contributed by atoms with Crippen molar-refractivity contribution < 1.29 is 9.53 Å². The van der Waals surface area contributed by atoms with Crippen LogP contribution in [0.5, 0.6) is 5.75 Å². The molecule has 2 rings (SSSR count). The van der Waals surface area contributed by atoms with Crippen molar-refractivity contribution in [2.75, 3.05) is 33.2 Å². The van der Waals surface area contributed by atoms with Crippen molar-refractivity contribution in [2.24, 2.45) is 0 Å². The van der Waals surface area contributed by atoms with E-state index in [1.54, 1.807) is 4.90 Å². The van der Waals surface area contributed by atoms with Crippen LogP contribution in [0.4, 0.5) is 4.79 Å². The molecular weight excluding hydrogens is 311 g/mol. The lowest BCUT2D eigenvalue weighted by molar-refractivity contribution is 0.120. The Morgan fingerprint density at radius 3 is 2.16 bits per heavy atom. The van der Waals surface area contributed by atoms with Crippen molar-refractivity contribution >= 4 is 40.9 Å². The first-order valence-electron chi connectivity index (χ1n) is 5.77. The maximum atomic E-state index is 12.0. The highest BCUT2D eigenvalue weighted by atomic mass is 35.5. The molecule has 1 fully saturated rings. The van der Waals surface area contributed by atoms with E-state index in [4.69, 9.17) is 39.5 Å². The second-order valence-electron chi connectivity index (χ2n) is 4.36. The first kappa shape index (κ1) is 14.7. The minimum atomic E-state index is -0.445. The maximum absolute atomic E-state index is 12.0. The third-order valence-electron chi connectivity index (χ3n) is 2.91. The second-order valence-corrected chi connectivity index (χ2v) is 5.61. The van der Waals surface area contributed by atoms with Gasteiger partial charge in [0.25, 0.3) is 0 Å². The normalized spacial score (nSPS) is 16.5. The van der Waals surface area contributed by atoms with Crippen LogP contribution in [-0.4, -0.2) is 49.1 Å². The first-order chi connectivity index (χ1) is 8.97. The molecule has 1 aliphatic heterocycles. The van der Waals surface area contributed by atoms with E-state index in [-0.39, 0.29) is 15.8 Å². The standard InChI is InChI=1S/C12H13Cl3N2O2/c1-16-2-4-17(5-3-16)12(18)19-11-9(14)6-8(13)7-10(11)15/h6-7H,2-5H2,1H3. The van der Waals surface area contributed by atoms with Crippen LogP contribution in [-0.2, 0) is 0 Å². The molecule has 0 spiro atoms. The number of nitrogens with zero attached hydrogens (tertiary/aromatic N) is 2. The lowest BCUT2D eigenvalue weighted by atomic mass is 10.3. The molecule has 4 nitrogen and oxygen atoms in total. The van der Waals surface area contributed by atoms with E-state index >= 15 is 0 Å². The predicted octanol–water partition coefficient (Wildman–Crippen LogP) is 3.39. The fourth-order valence-electron chi connectivity index (χ4n) is 1.77. The van der Waals surface area contributed by atoms with Gasteiger partial charge in [-0.25, -0.2) is 4.79 Å². The number of hydrogen-bond acceptors (Lipinski definition) is 3. The van der Waals surface area contributed by atoms with Crippen LogP contribution < -0.4 is 4.74 Å². The Hall–Kier alpha value is -0.680. The van der Waals surface area contributed by atoms with Crippen LogP contribution in [0.3, 0.4) is 0 Å². The van der Waals surface area contributed by atoms with Crippen LogP contribution in [0.2, 0.25) is 15.1 Å². The third-order valence-corrected chi connectivity index (χ3v) is 3.69. The Labute approximate surface area is 126 Å². The molecule has 0 aromatic heterocycles. The van der Waals surface area contributed by atoms with E-state index in [2.05, 4.69) is 4.90 Å². The topological polar surface area (TPSA) is 32.8 Å². The molecule has 0 radical (unpaired) electrons. The number of benzene rings is 1. The number of halogens is 3. The molecular formula is C12H13Cl3N2O2. The molecule has 0 bridgehead atoms. The van der Waals surface area contributed by atoms with E-state index in [0.29, 0.717) is 18.1 Å². The van der Waals surface area contributed by atoms with Gasteiger partial charge in [-0.1, -0.05) is 34.8 Å². The second kappa shape index (κ2) is 6.18. The summed E-state index contributed by atoms with van der Waals surface area (Å²) in [5.41, 5.74) is 0. The molecule has 0 unspecified atom stereocenters. The highest BCUT2D eigenvalue weighted by Crippen LogP contribution is 2.36. The number of carbonyl (C=O) groups excluding carboxylic acids is 1. The average molecular weight is 324 g/mol. The summed E-state index contributed by atoms with van der Waals surface area (Å²) in [5, 5.41) is 0.842. The molecule has 0 saturated carbocycles. The molecule has 1 saturated heterocycles. The zero-order valence-corrected chi connectivity index (χ0v) is 12.6. The van der Waals surface area contributed by atoms with Gasteiger partial charge in [0.05, 0.1) is 10.0 Å². The Balaban J connectivity index is 2.07. The van der Waals surface area contributed by atoms with Gasteiger partial charge in [0.1, 0.15) is 0 Å². The number of likely N-dealkylation sites (N-methyl/N-ethyl adjacent to an activating group) is 1. The van der Waals surface area contributed by atoms with Crippen LogP contribution in [0, 0.1) is 0 Å². The van der Waals surface area contributed by atoms with Crippen LogP contribution in [0.15, 0.2) is 12.1 Å². The Morgan fingerprint density at radius 2 is 1.63 bits per heavy atom. The molecule has 1 aromatic rings. The number of rotatable bonds is 1. The fraction of sp³-hybridized carbons (Fsp3) is 0.417. The van der Waals surface area contributed by atoms with Crippen molar-refractivity contribution in [1.29, 1.82) is 0 Å². The quantitative estimate of drug-likeness (QED) is 0.794. The number of ether oxygens (including phenoxy) is 1. The molecule has 1 heterocycles. The number of piperazine rings is 1. The van der Waals surface area contributed by atoms with Gasteiger partial charge < -0.3 is 14.5 Å². The Bertz CT molecular complexity index is 465. The van der Waals surface area contributed by atoms with Crippen LogP contribution >= 0.6 is 34.8 Å². The number of amides is 1. The van der Waals surface area contributed by atoms with Crippen molar-refractivity contribution in [3.8, 4) is 5.75 Å². The summed E-state index contributed by atoms with van der Waals surface area (Å²) in [5.74, 6) is 0.150. The fourth-order valence-corrected chi connectivity index (χ4v) is 2.66. The molecule has 0 atom stereocenters. The largest absolute Gasteiger partial charge is 0.415 e. The average Bonchev–Trinajstić information content (AvgIpc) is 2.34. The highest BCUT2D eigenvalue weighted by molar-refractivity contribution is 6.40. The molecule has 104 valence electrons. The van der Waals surface area contributed by atoms with Gasteiger partial charge in [-0.2, -0.15) is 0 Å². The van der Waals surface area contributed by atoms with Gasteiger partial charge in [-0.3, -0.25) is 0 Å². The van der Waals surface area contributed by atoms with Gasteiger partial charge in [-0.15, -0.1) is 0 Å². The minimum absolute atomic E-state index is 0.150. The van der Waals surface area contributed by atoms with Crippen molar-refractivity contribution in [1.82, 2.24) is 9.80 Å². The number of carbonyl (C=O) groups is 1. The highest BCUT2D eigenvalue weighted by Gasteiger charge is 2.22. The number of hydrogen-bond donors (Lipinski definition) is 0.